The third-order valence-electron chi connectivity index (χ3n) is 5.46. The molecule has 4 nitrogen and oxygen atoms in total. The standard InChI is InChI=1S/C24H25FN2O2/c25-21-11-9-19(10-12-21)24(28)26-15-18-5-3-13-27(16-18)17-20-6-1-2-7-22(20)23-8-4-14-29-23/h1-2,4,6-12,14,18H,3,5,13,15-17H2,(H,26,28)/t18-/m0/s1. The molecule has 1 aromatic heterocycles. The van der Waals surface area contributed by atoms with Gasteiger partial charge < -0.3 is 9.73 Å². The minimum Gasteiger partial charge on any atom is -0.464 e. The fraction of sp³-hybridized carbons (Fsp3) is 0.292. The van der Waals surface area contributed by atoms with E-state index in [9.17, 15) is 9.18 Å². The van der Waals surface area contributed by atoms with Crippen molar-refractivity contribution in [2.45, 2.75) is 19.4 Å². The zero-order valence-electron chi connectivity index (χ0n) is 16.3. The van der Waals surface area contributed by atoms with Crippen LogP contribution in [-0.4, -0.2) is 30.4 Å². The lowest BCUT2D eigenvalue weighted by molar-refractivity contribution is 0.0930. The van der Waals surface area contributed by atoms with Gasteiger partial charge in [-0.05, 0) is 67.3 Å². The quantitative estimate of drug-likeness (QED) is 0.660. The average molecular weight is 392 g/mol. The van der Waals surface area contributed by atoms with Gasteiger partial charge in [0.1, 0.15) is 11.6 Å². The molecule has 29 heavy (non-hydrogen) atoms. The number of hydrogen-bond donors (Lipinski definition) is 1. The van der Waals surface area contributed by atoms with E-state index >= 15 is 0 Å². The topological polar surface area (TPSA) is 45.5 Å². The molecule has 2 aromatic carbocycles. The molecular weight excluding hydrogens is 367 g/mol. The second-order valence-electron chi connectivity index (χ2n) is 7.59. The van der Waals surface area contributed by atoms with Gasteiger partial charge in [0.2, 0.25) is 0 Å². The summed E-state index contributed by atoms with van der Waals surface area (Å²) in [4.78, 5) is 14.7. The van der Waals surface area contributed by atoms with E-state index < -0.39 is 0 Å². The Bertz CT molecular complexity index is 938. The van der Waals surface area contributed by atoms with Gasteiger partial charge in [-0.25, -0.2) is 4.39 Å². The molecular formula is C24H25FN2O2. The van der Waals surface area contributed by atoms with E-state index in [2.05, 4.69) is 28.4 Å². The van der Waals surface area contributed by atoms with Crippen molar-refractivity contribution < 1.29 is 13.6 Å². The fourth-order valence-corrected chi connectivity index (χ4v) is 3.97. The lowest BCUT2D eigenvalue weighted by atomic mass is 9.96. The molecule has 1 fully saturated rings. The largest absolute Gasteiger partial charge is 0.464 e. The number of amides is 1. The van der Waals surface area contributed by atoms with Gasteiger partial charge in [-0.15, -0.1) is 0 Å². The molecule has 0 aliphatic carbocycles. The number of furan rings is 1. The van der Waals surface area contributed by atoms with Crippen LogP contribution in [0.2, 0.25) is 0 Å². The van der Waals surface area contributed by atoms with E-state index in [-0.39, 0.29) is 11.7 Å². The van der Waals surface area contributed by atoms with Gasteiger partial charge >= 0.3 is 0 Å². The molecule has 0 radical (unpaired) electrons. The highest BCUT2D eigenvalue weighted by Crippen LogP contribution is 2.26. The average Bonchev–Trinajstić information content (AvgIpc) is 3.28. The van der Waals surface area contributed by atoms with Crippen LogP contribution in [0.4, 0.5) is 4.39 Å². The van der Waals surface area contributed by atoms with Crippen molar-refractivity contribution in [3.63, 3.8) is 0 Å². The Morgan fingerprint density at radius 1 is 1.10 bits per heavy atom. The van der Waals surface area contributed by atoms with E-state index in [1.54, 1.807) is 6.26 Å². The minimum absolute atomic E-state index is 0.148. The Morgan fingerprint density at radius 2 is 1.93 bits per heavy atom. The molecule has 2 heterocycles. The summed E-state index contributed by atoms with van der Waals surface area (Å²) in [6.45, 7) is 3.48. The molecule has 3 aromatic rings. The van der Waals surface area contributed by atoms with Crippen LogP contribution in [0.15, 0.2) is 71.3 Å². The molecule has 1 aliphatic heterocycles. The number of carbonyl (C=O) groups is 1. The lowest BCUT2D eigenvalue weighted by Crippen LogP contribution is -2.40. The second kappa shape index (κ2) is 9.05. The number of nitrogens with one attached hydrogen (secondary N) is 1. The molecule has 0 bridgehead atoms. The number of nitrogens with zero attached hydrogens (tertiary/aromatic N) is 1. The number of hydrogen-bond acceptors (Lipinski definition) is 3. The highest BCUT2D eigenvalue weighted by molar-refractivity contribution is 5.94. The van der Waals surface area contributed by atoms with E-state index in [4.69, 9.17) is 4.42 Å². The molecule has 4 rings (SSSR count). The number of benzene rings is 2. The molecule has 1 amide bonds. The summed E-state index contributed by atoms with van der Waals surface area (Å²) in [5, 5.41) is 3.00. The highest BCUT2D eigenvalue weighted by Gasteiger charge is 2.22. The maximum Gasteiger partial charge on any atom is 0.251 e. The van der Waals surface area contributed by atoms with Gasteiger partial charge in [-0.3, -0.25) is 9.69 Å². The first kappa shape index (κ1) is 19.4. The van der Waals surface area contributed by atoms with Crippen molar-refractivity contribution in [1.29, 1.82) is 0 Å². The number of piperidine rings is 1. The minimum atomic E-state index is -0.334. The summed E-state index contributed by atoms with van der Waals surface area (Å²) < 4.78 is 18.6. The Morgan fingerprint density at radius 3 is 2.72 bits per heavy atom. The summed E-state index contributed by atoms with van der Waals surface area (Å²) in [5.41, 5.74) is 2.87. The highest BCUT2D eigenvalue weighted by atomic mass is 19.1. The summed E-state index contributed by atoms with van der Waals surface area (Å²) in [5.74, 6) is 0.814. The summed E-state index contributed by atoms with van der Waals surface area (Å²) in [6.07, 6.45) is 3.91. The van der Waals surface area contributed by atoms with Gasteiger partial charge in [0, 0.05) is 30.8 Å². The molecule has 5 heteroatoms. The van der Waals surface area contributed by atoms with Crippen LogP contribution in [0.25, 0.3) is 11.3 Å². The Kier molecular flexibility index (Phi) is 6.06. The number of rotatable bonds is 6. The molecule has 150 valence electrons. The van der Waals surface area contributed by atoms with Crippen LogP contribution in [0, 0.1) is 11.7 Å². The molecule has 0 unspecified atom stereocenters. The van der Waals surface area contributed by atoms with E-state index in [0.29, 0.717) is 18.0 Å². The molecule has 0 spiro atoms. The Labute approximate surface area is 170 Å². The normalized spacial score (nSPS) is 17.2. The molecule has 1 N–H and O–H groups in total. The summed E-state index contributed by atoms with van der Waals surface area (Å²) >= 11 is 0. The first-order valence-corrected chi connectivity index (χ1v) is 10.1. The van der Waals surface area contributed by atoms with Crippen LogP contribution in [0.5, 0.6) is 0 Å². The predicted molar refractivity (Wildman–Crippen MR) is 111 cm³/mol. The number of carbonyl (C=O) groups excluding carboxylic acids is 1. The monoisotopic (exact) mass is 392 g/mol. The van der Waals surface area contributed by atoms with Crippen LogP contribution in [0.3, 0.4) is 0 Å². The van der Waals surface area contributed by atoms with Crippen molar-refractivity contribution in [3.05, 3.63) is 83.9 Å². The number of likely N-dealkylation sites (tertiary alicyclic amines) is 1. The van der Waals surface area contributed by atoms with Gasteiger partial charge in [0.05, 0.1) is 6.26 Å². The van der Waals surface area contributed by atoms with Gasteiger partial charge in [0.25, 0.3) is 5.91 Å². The fourth-order valence-electron chi connectivity index (χ4n) is 3.97. The molecule has 1 atom stereocenters. The third-order valence-corrected chi connectivity index (χ3v) is 5.46. The van der Waals surface area contributed by atoms with Gasteiger partial charge in [-0.1, -0.05) is 24.3 Å². The maximum atomic E-state index is 13.0. The smallest absolute Gasteiger partial charge is 0.251 e. The van der Waals surface area contributed by atoms with Crippen LogP contribution in [0.1, 0.15) is 28.8 Å². The third kappa shape index (κ3) is 4.93. The van der Waals surface area contributed by atoms with Crippen molar-refractivity contribution in [2.75, 3.05) is 19.6 Å². The van der Waals surface area contributed by atoms with Crippen molar-refractivity contribution in [1.82, 2.24) is 10.2 Å². The van der Waals surface area contributed by atoms with E-state index in [1.165, 1.54) is 29.8 Å². The van der Waals surface area contributed by atoms with Crippen LogP contribution >= 0.6 is 0 Å². The predicted octanol–water partition coefficient (Wildman–Crippen LogP) is 4.73. The first-order chi connectivity index (χ1) is 14.2. The lowest BCUT2D eigenvalue weighted by Gasteiger charge is -2.33. The summed E-state index contributed by atoms with van der Waals surface area (Å²) in [7, 11) is 0. The van der Waals surface area contributed by atoms with Crippen LogP contribution < -0.4 is 5.32 Å². The number of halogens is 1. The van der Waals surface area contributed by atoms with Crippen molar-refractivity contribution in [2.24, 2.45) is 5.92 Å². The van der Waals surface area contributed by atoms with Gasteiger partial charge in [-0.2, -0.15) is 0 Å². The first-order valence-electron chi connectivity index (χ1n) is 10.1. The van der Waals surface area contributed by atoms with Crippen LogP contribution in [-0.2, 0) is 6.54 Å². The van der Waals surface area contributed by atoms with E-state index in [0.717, 1.165) is 43.8 Å². The molecule has 1 aliphatic rings. The van der Waals surface area contributed by atoms with Crippen molar-refractivity contribution in [3.8, 4) is 11.3 Å². The second-order valence-corrected chi connectivity index (χ2v) is 7.59. The zero-order chi connectivity index (χ0) is 20.1. The maximum absolute atomic E-state index is 13.0. The van der Waals surface area contributed by atoms with Crippen molar-refractivity contribution >= 4 is 5.91 Å². The SMILES string of the molecule is O=C(NC[C@@H]1CCCN(Cc2ccccc2-c2ccco2)C1)c1ccc(F)cc1. The summed E-state index contributed by atoms with van der Waals surface area (Å²) in [6, 6.07) is 17.9. The van der Waals surface area contributed by atoms with E-state index in [1.807, 2.05) is 18.2 Å². The van der Waals surface area contributed by atoms with Gasteiger partial charge in [0.15, 0.2) is 0 Å². The Hall–Kier alpha value is -2.92. The molecule has 1 saturated heterocycles. The zero-order valence-corrected chi connectivity index (χ0v) is 16.3. The molecule has 0 saturated carbocycles. The Balaban J connectivity index is 1.34.